The Labute approximate surface area is 109 Å². The fourth-order valence-corrected chi connectivity index (χ4v) is 2.12. The van der Waals surface area contributed by atoms with Crippen LogP contribution in [0, 0.1) is 0 Å². The number of amidine groups is 1. The van der Waals surface area contributed by atoms with E-state index in [-0.39, 0.29) is 17.6 Å². The molecule has 0 radical (unpaired) electrons. The largest absolute Gasteiger partial charge is 0.325 e. The van der Waals surface area contributed by atoms with Crippen molar-refractivity contribution in [3.05, 3.63) is 30.3 Å². The summed E-state index contributed by atoms with van der Waals surface area (Å²) >= 11 is 1.23. The van der Waals surface area contributed by atoms with Crippen LogP contribution in [-0.2, 0) is 9.59 Å². The van der Waals surface area contributed by atoms with Crippen LogP contribution in [-0.4, -0.2) is 29.3 Å². The Kier molecular flexibility index (Phi) is 4.35. The van der Waals surface area contributed by atoms with Crippen molar-refractivity contribution in [3.8, 4) is 0 Å². The maximum Gasteiger partial charge on any atom is 0.234 e. The molecule has 1 aliphatic rings. The average molecular weight is 263 g/mol. The van der Waals surface area contributed by atoms with E-state index >= 15 is 0 Å². The first-order valence-corrected chi connectivity index (χ1v) is 6.54. The molecule has 0 atom stereocenters. The van der Waals surface area contributed by atoms with E-state index in [4.69, 9.17) is 0 Å². The van der Waals surface area contributed by atoms with E-state index in [0.717, 1.165) is 5.69 Å². The van der Waals surface area contributed by atoms with Crippen LogP contribution >= 0.6 is 11.8 Å². The smallest absolute Gasteiger partial charge is 0.234 e. The SMILES string of the molecule is O=C1CCN=C(SCC(=O)Nc2ccccc2)N1. The molecule has 0 saturated heterocycles. The van der Waals surface area contributed by atoms with Gasteiger partial charge in [0.1, 0.15) is 0 Å². The standard InChI is InChI=1S/C12H13N3O2S/c16-10-6-7-13-12(15-10)18-8-11(17)14-9-4-2-1-3-5-9/h1-5H,6-8H2,(H,14,17)(H,13,15,16). The molecule has 1 aromatic carbocycles. The summed E-state index contributed by atoms with van der Waals surface area (Å²) in [4.78, 5) is 26.9. The number of rotatable bonds is 3. The van der Waals surface area contributed by atoms with Crippen molar-refractivity contribution >= 4 is 34.4 Å². The first-order chi connectivity index (χ1) is 8.74. The van der Waals surface area contributed by atoms with E-state index in [0.29, 0.717) is 18.1 Å². The third-order valence-electron chi connectivity index (χ3n) is 2.24. The minimum Gasteiger partial charge on any atom is -0.325 e. The Morgan fingerprint density at radius 2 is 2.17 bits per heavy atom. The highest BCUT2D eigenvalue weighted by molar-refractivity contribution is 8.14. The van der Waals surface area contributed by atoms with Crippen molar-refractivity contribution < 1.29 is 9.59 Å². The predicted molar refractivity (Wildman–Crippen MR) is 72.6 cm³/mol. The van der Waals surface area contributed by atoms with Crippen LogP contribution in [0.5, 0.6) is 0 Å². The maximum atomic E-state index is 11.6. The second-order valence-corrected chi connectivity index (χ2v) is 4.65. The minimum absolute atomic E-state index is 0.0454. The van der Waals surface area contributed by atoms with Crippen LogP contribution in [0.2, 0.25) is 0 Å². The molecule has 0 saturated carbocycles. The summed E-state index contributed by atoms with van der Waals surface area (Å²) < 4.78 is 0. The van der Waals surface area contributed by atoms with Gasteiger partial charge in [-0.1, -0.05) is 30.0 Å². The lowest BCUT2D eigenvalue weighted by atomic mass is 10.3. The first-order valence-electron chi connectivity index (χ1n) is 5.56. The summed E-state index contributed by atoms with van der Waals surface area (Å²) in [5, 5.41) is 5.92. The third-order valence-corrected chi connectivity index (χ3v) is 3.15. The number of carbonyl (C=O) groups excluding carboxylic acids is 2. The molecule has 2 amide bonds. The summed E-state index contributed by atoms with van der Waals surface area (Å²) in [6.07, 6.45) is 0.417. The molecule has 2 rings (SSSR count). The summed E-state index contributed by atoms with van der Waals surface area (Å²) in [5.74, 6) is 0.0678. The molecule has 5 nitrogen and oxygen atoms in total. The van der Waals surface area contributed by atoms with Gasteiger partial charge in [0, 0.05) is 12.1 Å². The maximum absolute atomic E-state index is 11.6. The number of nitrogens with one attached hydrogen (secondary N) is 2. The van der Waals surface area contributed by atoms with E-state index < -0.39 is 0 Å². The second-order valence-electron chi connectivity index (χ2n) is 3.69. The molecule has 1 aromatic rings. The van der Waals surface area contributed by atoms with Gasteiger partial charge in [-0.05, 0) is 12.1 Å². The Bertz CT molecular complexity index is 473. The molecule has 0 aromatic heterocycles. The average Bonchev–Trinajstić information content (AvgIpc) is 2.38. The fourth-order valence-electron chi connectivity index (χ4n) is 1.41. The van der Waals surface area contributed by atoms with Gasteiger partial charge in [0.05, 0.1) is 12.3 Å². The van der Waals surface area contributed by atoms with Gasteiger partial charge < -0.3 is 10.6 Å². The monoisotopic (exact) mass is 263 g/mol. The molecular formula is C12H13N3O2S. The fraction of sp³-hybridized carbons (Fsp3) is 0.250. The Balaban J connectivity index is 1.78. The lowest BCUT2D eigenvalue weighted by Crippen LogP contribution is -2.33. The number of benzene rings is 1. The van der Waals surface area contributed by atoms with Crippen molar-refractivity contribution in [2.45, 2.75) is 6.42 Å². The molecule has 6 heteroatoms. The highest BCUT2D eigenvalue weighted by atomic mass is 32.2. The highest BCUT2D eigenvalue weighted by Gasteiger charge is 2.13. The third kappa shape index (κ3) is 3.89. The van der Waals surface area contributed by atoms with E-state index in [1.165, 1.54) is 11.8 Å². The summed E-state index contributed by atoms with van der Waals surface area (Å²) in [7, 11) is 0. The van der Waals surface area contributed by atoms with E-state index in [2.05, 4.69) is 15.6 Å². The number of amides is 2. The normalized spacial score (nSPS) is 14.7. The number of anilines is 1. The molecule has 2 N–H and O–H groups in total. The zero-order valence-electron chi connectivity index (χ0n) is 9.68. The Hall–Kier alpha value is -1.82. The lowest BCUT2D eigenvalue weighted by molar-refractivity contribution is -0.119. The van der Waals surface area contributed by atoms with Crippen molar-refractivity contribution in [2.24, 2.45) is 4.99 Å². The number of nitrogens with zero attached hydrogens (tertiary/aromatic N) is 1. The summed E-state index contributed by atoms with van der Waals surface area (Å²) in [6, 6.07) is 9.24. The van der Waals surface area contributed by atoms with Crippen LogP contribution in [0.1, 0.15) is 6.42 Å². The molecule has 94 valence electrons. The van der Waals surface area contributed by atoms with Crippen molar-refractivity contribution in [3.63, 3.8) is 0 Å². The molecular weight excluding hydrogens is 250 g/mol. The molecule has 1 heterocycles. The molecule has 0 fully saturated rings. The van der Waals surface area contributed by atoms with Crippen LogP contribution in [0.25, 0.3) is 0 Å². The van der Waals surface area contributed by atoms with Crippen LogP contribution in [0.15, 0.2) is 35.3 Å². The second kappa shape index (κ2) is 6.20. The molecule has 18 heavy (non-hydrogen) atoms. The zero-order chi connectivity index (χ0) is 12.8. The minimum atomic E-state index is -0.117. The Morgan fingerprint density at radius 3 is 2.89 bits per heavy atom. The number of hydrogen-bond donors (Lipinski definition) is 2. The highest BCUT2D eigenvalue weighted by Crippen LogP contribution is 2.09. The molecule has 0 aliphatic carbocycles. The van der Waals surface area contributed by atoms with Crippen LogP contribution < -0.4 is 10.6 Å². The number of para-hydroxylation sites is 1. The van der Waals surface area contributed by atoms with E-state index in [9.17, 15) is 9.59 Å². The number of carbonyl (C=O) groups is 2. The van der Waals surface area contributed by atoms with Crippen LogP contribution in [0.3, 0.4) is 0 Å². The number of hydrogen-bond acceptors (Lipinski definition) is 4. The zero-order valence-corrected chi connectivity index (χ0v) is 10.5. The quantitative estimate of drug-likeness (QED) is 0.861. The molecule has 1 aliphatic heterocycles. The number of aliphatic imine (C=N–C) groups is 1. The lowest BCUT2D eigenvalue weighted by Gasteiger charge is -2.12. The van der Waals surface area contributed by atoms with E-state index in [1.807, 2.05) is 30.3 Å². The van der Waals surface area contributed by atoms with Gasteiger partial charge in [-0.25, -0.2) is 0 Å². The van der Waals surface area contributed by atoms with Gasteiger partial charge in [0.25, 0.3) is 0 Å². The van der Waals surface area contributed by atoms with E-state index in [1.54, 1.807) is 0 Å². The first kappa shape index (κ1) is 12.6. The van der Waals surface area contributed by atoms with Gasteiger partial charge in [-0.2, -0.15) is 0 Å². The molecule has 0 bridgehead atoms. The van der Waals surface area contributed by atoms with Gasteiger partial charge in [-0.3, -0.25) is 14.6 Å². The van der Waals surface area contributed by atoms with Crippen molar-refractivity contribution in [1.82, 2.24) is 5.32 Å². The summed E-state index contributed by atoms with van der Waals surface area (Å²) in [5.41, 5.74) is 0.762. The predicted octanol–water partition coefficient (Wildman–Crippen LogP) is 1.23. The molecule has 0 spiro atoms. The number of thioether (sulfide) groups is 1. The van der Waals surface area contributed by atoms with Gasteiger partial charge in [0.15, 0.2) is 5.17 Å². The van der Waals surface area contributed by atoms with Crippen molar-refractivity contribution in [1.29, 1.82) is 0 Å². The topological polar surface area (TPSA) is 70.6 Å². The van der Waals surface area contributed by atoms with Crippen LogP contribution in [0.4, 0.5) is 5.69 Å². The summed E-state index contributed by atoms with van der Waals surface area (Å²) in [6.45, 7) is 0.495. The Morgan fingerprint density at radius 1 is 1.39 bits per heavy atom. The van der Waals surface area contributed by atoms with Crippen molar-refractivity contribution in [2.75, 3.05) is 17.6 Å². The van der Waals surface area contributed by atoms with Gasteiger partial charge in [0.2, 0.25) is 11.8 Å². The van der Waals surface area contributed by atoms with Gasteiger partial charge >= 0.3 is 0 Å². The van der Waals surface area contributed by atoms with Gasteiger partial charge in [-0.15, -0.1) is 0 Å². The molecule has 0 unspecified atom stereocenters.